The summed E-state index contributed by atoms with van der Waals surface area (Å²) in [6, 6.07) is 0. The summed E-state index contributed by atoms with van der Waals surface area (Å²) in [6.45, 7) is 6.72. The Morgan fingerprint density at radius 1 is 1.00 bits per heavy atom. The van der Waals surface area contributed by atoms with Crippen molar-refractivity contribution < 1.29 is 9.90 Å². The molecule has 0 radical (unpaired) electrons. The van der Waals surface area contributed by atoms with E-state index in [9.17, 15) is 9.90 Å². The number of ketones is 1. The topological polar surface area (TPSA) is 37.3 Å². The third-order valence-corrected chi connectivity index (χ3v) is 8.86. The predicted molar refractivity (Wildman–Crippen MR) is 91.9 cm³/mol. The van der Waals surface area contributed by atoms with Gasteiger partial charge in [0, 0.05) is 10.8 Å². The minimum atomic E-state index is -0.0722. The summed E-state index contributed by atoms with van der Waals surface area (Å²) in [6.07, 6.45) is 10.4. The van der Waals surface area contributed by atoms with Crippen LogP contribution >= 0.6 is 0 Å². The maximum absolute atomic E-state index is 13.2. The van der Waals surface area contributed by atoms with Crippen molar-refractivity contribution in [1.82, 2.24) is 0 Å². The Balaban J connectivity index is 1.63. The van der Waals surface area contributed by atoms with Crippen molar-refractivity contribution in [3.05, 3.63) is 0 Å². The molecule has 1 N–H and O–H groups in total. The first-order chi connectivity index (χ1) is 10.9. The highest BCUT2D eigenvalue weighted by atomic mass is 16.3. The molecule has 0 aliphatic heterocycles. The average Bonchev–Trinajstić information content (AvgIpc) is 2.76. The number of carbonyl (C=O) groups is 1. The lowest BCUT2D eigenvalue weighted by molar-refractivity contribution is -0.139. The van der Waals surface area contributed by atoms with Gasteiger partial charge in [0.05, 0.1) is 6.10 Å². The third kappa shape index (κ3) is 2.12. The zero-order valence-electron chi connectivity index (χ0n) is 15.2. The molecule has 0 saturated heterocycles. The normalized spacial score (nSPS) is 55.9. The maximum atomic E-state index is 13.2. The number of Topliss-reactive ketones (excluding diaryl/α,β-unsaturated/α-hetero) is 1. The minimum Gasteiger partial charge on any atom is -0.393 e. The molecular weight excluding hydrogens is 284 g/mol. The molecule has 0 aromatic carbocycles. The molecule has 8 atom stereocenters. The molecule has 4 saturated carbocycles. The monoisotopic (exact) mass is 318 g/mol. The zero-order valence-corrected chi connectivity index (χ0v) is 15.2. The molecule has 0 aromatic heterocycles. The fraction of sp³-hybridized carbons (Fsp3) is 0.952. The zero-order chi connectivity index (χ0) is 16.4. The van der Waals surface area contributed by atoms with Crippen LogP contribution in [0.25, 0.3) is 0 Å². The van der Waals surface area contributed by atoms with Crippen LogP contribution in [0.3, 0.4) is 0 Å². The first-order valence-corrected chi connectivity index (χ1v) is 10.1. The van der Waals surface area contributed by atoms with E-state index in [1.54, 1.807) is 0 Å². The van der Waals surface area contributed by atoms with Crippen molar-refractivity contribution in [2.45, 2.75) is 84.7 Å². The van der Waals surface area contributed by atoms with E-state index in [1.807, 2.05) is 0 Å². The van der Waals surface area contributed by atoms with Gasteiger partial charge < -0.3 is 5.11 Å². The Hall–Kier alpha value is -0.370. The molecule has 0 bridgehead atoms. The van der Waals surface area contributed by atoms with Gasteiger partial charge in [0.15, 0.2) is 0 Å². The standard InChI is InChI=1S/C21H34O2/c1-4-20(2)12-17-15-8-9-16-13(6-5-7-18(16)22)14(15)10-11-21(17,3)19(20)23/h13-18,22H,4-12H2,1-3H3/t13?,14?,15?,16?,17?,18?,20-,21?/m0/s1. The highest BCUT2D eigenvalue weighted by Gasteiger charge is 2.62. The Kier molecular flexibility index (Phi) is 3.72. The van der Waals surface area contributed by atoms with Crippen LogP contribution < -0.4 is 0 Å². The van der Waals surface area contributed by atoms with Crippen LogP contribution in [0.15, 0.2) is 0 Å². The van der Waals surface area contributed by atoms with E-state index in [0.29, 0.717) is 17.6 Å². The van der Waals surface area contributed by atoms with Gasteiger partial charge >= 0.3 is 0 Å². The summed E-state index contributed by atoms with van der Waals surface area (Å²) >= 11 is 0. The summed E-state index contributed by atoms with van der Waals surface area (Å²) in [5, 5.41) is 10.4. The Morgan fingerprint density at radius 3 is 2.43 bits per heavy atom. The number of hydrogen-bond donors (Lipinski definition) is 1. The molecular formula is C21H34O2. The molecule has 0 amide bonds. The van der Waals surface area contributed by atoms with E-state index in [4.69, 9.17) is 0 Å². The number of fused-ring (bicyclic) bond motifs is 5. The van der Waals surface area contributed by atoms with E-state index in [1.165, 1.54) is 32.1 Å². The Morgan fingerprint density at radius 2 is 1.70 bits per heavy atom. The lowest BCUT2D eigenvalue weighted by Crippen LogP contribution is -2.50. The first kappa shape index (κ1) is 16.1. The van der Waals surface area contributed by atoms with Crippen LogP contribution in [0.2, 0.25) is 0 Å². The Labute approximate surface area is 141 Å². The molecule has 4 fully saturated rings. The van der Waals surface area contributed by atoms with Crippen LogP contribution in [0.5, 0.6) is 0 Å². The van der Waals surface area contributed by atoms with Crippen molar-refractivity contribution in [1.29, 1.82) is 0 Å². The van der Waals surface area contributed by atoms with Gasteiger partial charge in [0.2, 0.25) is 0 Å². The van der Waals surface area contributed by atoms with Crippen LogP contribution in [-0.2, 0) is 4.79 Å². The second kappa shape index (κ2) is 5.31. The van der Waals surface area contributed by atoms with Crippen molar-refractivity contribution >= 4 is 5.78 Å². The first-order valence-electron chi connectivity index (χ1n) is 10.1. The summed E-state index contributed by atoms with van der Waals surface area (Å²) in [5.74, 6) is 4.02. The fourth-order valence-electron chi connectivity index (χ4n) is 7.41. The van der Waals surface area contributed by atoms with E-state index in [-0.39, 0.29) is 16.9 Å². The highest BCUT2D eigenvalue weighted by molar-refractivity contribution is 5.92. The fourth-order valence-corrected chi connectivity index (χ4v) is 7.41. The predicted octanol–water partition coefficient (Wildman–Crippen LogP) is 4.60. The van der Waals surface area contributed by atoms with Crippen molar-refractivity contribution in [3.63, 3.8) is 0 Å². The summed E-state index contributed by atoms with van der Waals surface area (Å²) in [4.78, 5) is 13.2. The summed E-state index contributed by atoms with van der Waals surface area (Å²) in [5.41, 5.74) is -0.122. The molecule has 4 aliphatic rings. The molecule has 0 heterocycles. The molecule has 4 rings (SSSR count). The average molecular weight is 319 g/mol. The van der Waals surface area contributed by atoms with Crippen LogP contribution in [-0.4, -0.2) is 17.0 Å². The second-order valence-electron chi connectivity index (χ2n) is 9.74. The van der Waals surface area contributed by atoms with E-state index in [2.05, 4.69) is 20.8 Å². The lowest BCUT2D eigenvalue weighted by Gasteiger charge is -2.54. The van der Waals surface area contributed by atoms with E-state index < -0.39 is 0 Å². The van der Waals surface area contributed by atoms with Crippen LogP contribution in [0, 0.1) is 40.4 Å². The molecule has 7 unspecified atom stereocenters. The molecule has 130 valence electrons. The maximum Gasteiger partial charge on any atom is 0.144 e. The van der Waals surface area contributed by atoms with Gasteiger partial charge in [-0.15, -0.1) is 0 Å². The van der Waals surface area contributed by atoms with E-state index in [0.717, 1.165) is 43.4 Å². The number of aliphatic hydroxyl groups excluding tert-OH is 1. The SMILES string of the molecule is CC[C@@]1(C)CC2C3CCC4C(O)CCCC4C3CCC2(C)C1=O. The van der Waals surface area contributed by atoms with E-state index >= 15 is 0 Å². The van der Waals surface area contributed by atoms with Crippen molar-refractivity contribution in [2.24, 2.45) is 40.4 Å². The number of carbonyl (C=O) groups excluding carboxylic acids is 1. The molecule has 23 heavy (non-hydrogen) atoms. The molecule has 4 aliphatic carbocycles. The highest BCUT2D eigenvalue weighted by Crippen LogP contribution is 2.65. The number of aliphatic hydroxyl groups is 1. The lowest BCUT2D eigenvalue weighted by atomic mass is 9.50. The Bertz CT molecular complexity index is 500. The molecule has 2 nitrogen and oxygen atoms in total. The molecule has 2 heteroatoms. The van der Waals surface area contributed by atoms with Crippen LogP contribution in [0.1, 0.15) is 78.6 Å². The quantitative estimate of drug-likeness (QED) is 0.767. The summed E-state index contributed by atoms with van der Waals surface area (Å²) < 4.78 is 0. The molecule has 0 aromatic rings. The van der Waals surface area contributed by atoms with Gasteiger partial charge in [-0.05, 0) is 81.0 Å². The van der Waals surface area contributed by atoms with Gasteiger partial charge in [0.1, 0.15) is 5.78 Å². The van der Waals surface area contributed by atoms with Crippen molar-refractivity contribution in [3.8, 4) is 0 Å². The minimum absolute atomic E-state index is 0.0471. The van der Waals surface area contributed by atoms with Gasteiger partial charge in [-0.3, -0.25) is 4.79 Å². The van der Waals surface area contributed by atoms with Gasteiger partial charge in [-0.2, -0.15) is 0 Å². The molecule has 0 spiro atoms. The van der Waals surface area contributed by atoms with Crippen LogP contribution in [0.4, 0.5) is 0 Å². The number of hydrogen-bond acceptors (Lipinski definition) is 2. The largest absolute Gasteiger partial charge is 0.393 e. The smallest absolute Gasteiger partial charge is 0.144 e. The van der Waals surface area contributed by atoms with Gasteiger partial charge in [-0.1, -0.05) is 27.2 Å². The summed E-state index contributed by atoms with van der Waals surface area (Å²) in [7, 11) is 0. The van der Waals surface area contributed by atoms with Gasteiger partial charge in [0.25, 0.3) is 0 Å². The third-order valence-electron chi connectivity index (χ3n) is 8.86. The van der Waals surface area contributed by atoms with Crippen molar-refractivity contribution in [2.75, 3.05) is 0 Å². The number of rotatable bonds is 1. The van der Waals surface area contributed by atoms with Gasteiger partial charge in [-0.25, -0.2) is 0 Å². The second-order valence-corrected chi connectivity index (χ2v) is 9.74.